The molecule has 0 radical (unpaired) electrons. The lowest BCUT2D eigenvalue weighted by Gasteiger charge is -2.10. The average Bonchev–Trinajstić information content (AvgIpc) is 2.45. The number of ether oxygens (including phenoxy) is 1. The first kappa shape index (κ1) is 15.5. The fraction of sp³-hybridized carbons (Fsp3) is 0.533. The second-order valence-electron chi connectivity index (χ2n) is 4.85. The second-order valence-corrected chi connectivity index (χ2v) is 4.85. The van der Waals surface area contributed by atoms with Gasteiger partial charge in [-0.1, -0.05) is 19.1 Å². The third-order valence-electron chi connectivity index (χ3n) is 3.05. The van der Waals surface area contributed by atoms with Crippen LogP contribution in [0.25, 0.3) is 0 Å². The Bertz CT molecular complexity index is 393. The highest BCUT2D eigenvalue weighted by molar-refractivity contribution is 5.75. The lowest BCUT2D eigenvalue weighted by molar-refractivity contribution is -0.121. The van der Waals surface area contributed by atoms with Crippen LogP contribution >= 0.6 is 0 Å². The topological polar surface area (TPSA) is 64.3 Å². The molecular weight excluding hydrogens is 240 g/mol. The van der Waals surface area contributed by atoms with Crippen LogP contribution in [0.15, 0.2) is 24.3 Å². The molecule has 0 saturated carbocycles. The van der Waals surface area contributed by atoms with Crippen molar-refractivity contribution < 1.29 is 9.53 Å². The number of methoxy groups -OCH3 is 1. The van der Waals surface area contributed by atoms with Gasteiger partial charge < -0.3 is 15.8 Å². The molecular formula is C15H24N2O2. The smallest absolute Gasteiger partial charge is 0.220 e. The molecule has 0 spiro atoms. The van der Waals surface area contributed by atoms with Gasteiger partial charge in [-0.05, 0) is 43.0 Å². The van der Waals surface area contributed by atoms with E-state index in [9.17, 15) is 4.79 Å². The zero-order valence-electron chi connectivity index (χ0n) is 11.8. The molecule has 1 aromatic rings. The van der Waals surface area contributed by atoms with Crippen molar-refractivity contribution in [2.75, 3.05) is 20.2 Å². The number of aryl methyl sites for hydroxylation is 1. The highest BCUT2D eigenvalue weighted by atomic mass is 16.5. The molecule has 0 saturated heterocycles. The number of benzene rings is 1. The molecule has 1 aromatic carbocycles. The molecule has 0 heterocycles. The molecule has 4 heteroatoms. The van der Waals surface area contributed by atoms with Crippen molar-refractivity contribution in [1.82, 2.24) is 5.32 Å². The molecule has 1 amide bonds. The summed E-state index contributed by atoms with van der Waals surface area (Å²) >= 11 is 0. The summed E-state index contributed by atoms with van der Waals surface area (Å²) in [5.74, 6) is 1.30. The zero-order valence-corrected chi connectivity index (χ0v) is 11.8. The van der Waals surface area contributed by atoms with Crippen LogP contribution in [0.2, 0.25) is 0 Å². The summed E-state index contributed by atoms with van der Waals surface area (Å²) in [4.78, 5) is 11.6. The van der Waals surface area contributed by atoms with Crippen LogP contribution in [-0.2, 0) is 11.2 Å². The molecule has 0 fully saturated rings. The zero-order chi connectivity index (χ0) is 14.1. The highest BCUT2D eigenvalue weighted by Gasteiger charge is 2.04. The molecule has 0 aliphatic rings. The number of carbonyl (C=O) groups is 1. The average molecular weight is 264 g/mol. The van der Waals surface area contributed by atoms with Crippen LogP contribution in [-0.4, -0.2) is 26.1 Å². The van der Waals surface area contributed by atoms with Crippen LogP contribution in [0.3, 0.4) is 0 Å². The van der Waals surface area contributed by atoms with Gasteiger partial charge in [-0.15, -0.1) is 0 Å². The molecule has 1 atom stereocenters. The predicted molar refractivity (Wildman–Crippen MR) is 77.2 cm³/mol. The third-order valence-corrected chi connectivity index (χ3v) is 3.05. The van der Waals surface area contributed by atoms with E-state index < -0.39 is 0 Å². The number of amides is 1. The van der Waals surface area contributed by atoms with Gasteiger partial charge in [0.25, 0.3) is 0 Å². The van der Waals surface area contributed by atoms with Crippen molar-refractivity contribution in [1.29, 1.82) is 0 Å². The van der Waals surface area contributed by atoms with Gasteiger partial charge in [0.2, 0.25) is 5.91 Å². The number of carbonyl (C=O) groups excluding carboxylic acids is 1. The maximum atomic E-state index is 11.6. The van der Waals surface area contributed by atoms with Gasteiger partial charge in [0.1, 0.15) is 5.75 Å². The van der Waals surface area contributed by atoms with Gasteiger partial charge in [-0.2, -0.15) is 0 Å². The Hall–Kier alpha value is -1.55. The molecule has 106 valence electrons. The Labute approximate surface area is 115 Å². The van der Waals surface area contributed by atoms with Gasteiger partial charge >= 0.3 is 0 Å². The van der Waals surface area contributed by atoms with Crippen LogP contribution in [0, 0.1) is 5.92 Å². The Morgan fingerprint density at radius 1 is 1.47 bits per heavy atom. The van der Waals surface area contributed by atoms with Crippen molar-refractivity contribution in [2.24, 2.45) is 11.7 Å². The number of nitrogens with two attached hydrogens (primary N) is 1. The van der Waals surface area contributed by atoms with Gasteiger partial charge in [0.15, 0.2) is 0 Å². The number of nitrogens with one attached hydrogen (secondary N) is 1. The van der Waals surface area contributed by atoms with E-state index in [1.54, 1.807) is 7.11 Å². The molecule has 3 N–H and O–H groups in total. The standard InChI is InChI=1S/C15H24N2O2/c1-12(10-16)11-17-15(18)8-4-6-13-5-3-7-14(9-13)19-2/h3,5,7,9,12H,4,6,8,10-11,16H2,1-2H3,(H,17,18). The van der Waals surface area contributed by atoms with E-state index in [1.165, 1.54) is 5.56 Å². The second kappa shape index (κ2) is 8.53. The molecule has 1 rings (SSSR count). The summed E-state index contributed by atoms with van der Waals surface area (Å²) in [5.41, 5.74) is 6.70. The minimum Gasteiger partial charge on any atom is -0.497 e. The van der Waals surface area contributed by atoms with Crippen molar-refractivity contribution in [3.8, 4) is 5.75 Å². The van der Waals surface area contributed by atoms with Crippen LogP contribution in [0.1, 0.15) is 25.3 Å². The molecule has 0 aliphatic carbocycles. The summed E-state index contributed by atoms with van der Waals surface area (Å²) in [7, 11) is 1.66. The molecule has 1 unspecified atom stereocenters. The summed E-state index contributed by atoms with van der Waals surface area (Å²) in [6, 6.07) is 7.95. The molecule has 0 aromatic heterocycles. The Balaban J connectivity index is 2.24. The quantitative estimate of drug-likeness (QED) is 0.751. The van der Waals surface area contributed by atoms with E-state index in [1.807, 2.05) is 25.1 Å². The van der Waals surface area contributed by atoms with Crippen LogP contribution in [0.5, 0.6) is 5.75 Å². The Morgan fingerprint density at radius 3 is 2.95 bits per heavy atom. The van der Waals surface area contributed by atoms with Gasteiger partial charge in [-0.25, -0.2) is 0 Å². The first-order valence-electron chi connectivity index (χ1n) is 6.75. The molecule has 0 bridgehead atoms. The minimum absolute atomic E-state index is 0.100. The van der Waals surface area contributed by atoms with Gasteiger partial charge in [0.05, 0.1) is 7.11 Å². The van der Waals surface area contributed by atoms with Crippen molar-refractivity contribution in [3.05, 3.63) is 29.8 Å². The number of rotatable bonds is 8. The molecule has 4 nitrogen and oxygen atoms in total. The van der Waals surface area contributed by atoms with Gasteiger partial charge in [0, 0.05) is 13.0 Å². The number of hydrogen-bond donors (Lipinski definition) is 2. The lowest BCUT2D eigenvalue weighted by Crippen LogP contribution is -2.31. The molecule has 19 heavy (non-hydrogen) atoms. The fourth-order valence-electron chi connectivity index (χ4n) is 1.74. The van der Waals surface area contributed by atoms with Crippen molar-refractivity contribution in [2.45, 2.75) is 26.2 Å². The predicted octanol–water partition coefficient (Wildman–Crippen LogP) is 1.73. The minimum atomic E-state index is 0.100. The lowest BCUT2D eigenvalue weighted by atomic mass is 10.1. The largest absolute Gasteiger partial charge is 0.497 e. The first-order chi connectivity index (χ1) is 9.15. The maximum Gasteiger partial charge on any atom is 0.220 e. The molecule has 0 aliphatic heterocycles. The first-order valence-corrected chi connectivity index (χ1v) is 6.75. The van der Waals surface area contributed by atoms with E-state index in [4.69, 9.17) is 10.5 Å². The summed E-state index contributed by atoms with van der Waals surface area (Å²) in [5, 5.41) is 2.90. The van der Waals surface area contributed by atoms with E-state index >= 15 is 0 Å². The van der Waals surface area contributed by atoms with Crippen molar-refractivity contribution >= 4 is 5.91 Å². The monoisotopic (exact) mass is 264 g/mol. The van der Waals surface area contributed by atoms with Crippen molar-refractivity contribution in [3.63, 3.8) is 0 Å². The van der Waals surface area contributed by atoms with Crippen LogP contribution in [0.4, 0.5) is 0 Å². The van der Waals surface area contributed by atoms with E-state index in [0.717, 1.165) is 18.6 Å². The summed E-state index contributed by atoms with van der Waals surface area (Å²) < 4.78 is 5.17. The van der Waals surface area contributed by atoms with Gasteiger partial charge in [-0.3, -0.25) is 4.79 Å². The SMILES string of the molecule is COc1cccc(CCCC(=O)NCC(C)CN)c1. The normalized spacial score (nSPS) is 11.9. The maximum absolute atomic E-state index is 11.6. The highest BCUT2D eigenvalue weighted by Crippen LogP contribution is 2.14. The Morgan fingerprint density at radius 2 is 2.26 bits per heavy atom. The fourth-order valence-corrected chi connectivity index (χ4v) is 1.74. The van der Waals surface area contributed by atoms with Crippen LogP contribution < -0.4 is 15.8 Å². The van der Waals surface area contributed by atoms with E-state index in [-0.39, 0.29) is 5.91 Å². The number of hydrogen-bond acceptors (Lipinski definition) is 3. The van der Waals surface area contributed by atoms with E-state index in [0.29, 0.717) is 25.4 Å². The van der Waals surface area contributed by atoms with E-state index in [2.05, 4.69) is 11.4 Å². The summed E-state index contributed by atoms with van der Waals surface area (Å²) in [6.45, 7) is 3.29. The third kappa shape index (κ3) is 6.25. The summed E-state index contributed by atoms with van der Waals surface area (Å²) in [6.07, 6.45) is 2.28. The Kier molecular flexibility index (Phi) is 6.97.